The zero-order chi connectivity index (χ0) is 23.3. The van der Waals surface area contributed by atoms with E-state index in [9.17, 15) is 0 Å². The van der Waals surface area contributed by atoms with Crippen LogP contribution in [0, 0.1) is 6.92 Å². The number of pyridine rings is 1. The quantitative estimate of drug-likeness (QED) is 0.366. The van der Waals surface area contributed by atoms with Crippen LogP contribution in [0.2, 0.25) is 0 Å². The van der Waals surface area contributed by atoms with Crippen molar-refractivity contribution in [1.82, 2.24) is 19.9 Å². The van der Waals surface area contributed by atoms with Crippen molar-refractivity contribution < 1.29 is 4.74 Å². The SMILES string of the molecule is COc1ccc(CN2CCC[C@H](c3nc(-c4ccncc4)ncc3-c3ccccc3C)C2)cc1. The summed E-state index contributed by atoms with van der Waals surface area (Å²) in [4.78, 5) is 16.6. The Bertz CT molecular complexity index is 1240. The van der Waals surface area contributed by atoms with Crippen LogP contribution < -0.4 is 4.74 Å². The lowest BCUT2D eigenvalue weighted by molar-refractivity contribution is 0.198. The van der Waals surface area contributed by atoms with Gasteiger partial charge in [0.2, 0.25) is 0 Å². The maximum absolute atomic E-state index is 5.31. The minimum atomic E-state index is 0.352. The fourth-order valence-corrected chi connectivity index (χ4v) is 4.84. The molecule has 1 saturated heterocycles. The number of nitrogens with zero attached hydrogens (tertiary/aromatic N) is 4. The van der Waals surface area contributed by atoms with E-state index in [2.05, 4.69) is 53.2 Å². The molecule has 1 fully saturated rings. The van der Waals surface area contributed by atoms with E-state index in [-0.39, 0.29) is 0 Å². The number of ether oxygens (including phenoxy) is 1. The van der Waals surface area contributed by atoms with E-state index in [1.54, 1.807) is 19.5 Å². The van der Waals surface area contributed by atoms with Crippen molar-refractivity contribution in [2.75, 3.05) is 20.2 Å². The molecule has 0 saturated carbocycles. The molecule has 3 heterocycles. The Labute approximate surface area is 201 Å². The molecule has 0 spiro atoms. The van der Waals surface area contributed by atoms with Crippen molar-refractivity contribution in [3.63, 3.8) is 0 Å². The number of piperidine rings is 1. The third-order valence-corrected chi connectivity index (χ3v) is 6.65. The van der Waals surface area contributed by atoms with E-state index in [1.165, 1.54) is 16.7 Å². The highest BCUT2D eigenvalue weighted by Crippen LogP contribution is 2.35. The third-order valence-electron chi connectivity index (χ3n) is 6.65. The van der Waals surface area contributed by atoms with Gasteiger partial charge in [0.15, 0.2) is 5.82 Å². The summed E-state index contributed by atoms with van der Waals surface area (Å²) in [6, 6.07) is 20.9. The summed E-state index contributed by atoms with van der Waals surface area (Å²) in [5, 5.41) is 0. The van der Waals surface area contributed by atoms with Crippen LogP contribution >= 0.6 is 0 Å². The summed E-state index contributed by atoms with van der Waals surface area (Å²) in [5.41, 5.74) is 7.06. The van der Waals surface area contributed by atoms with E-state index in [0.29, 0.717) is 5.92 Å². The first-order valence-corrected chi connectivity index (χ1v) is 11.9. The number of hydrogen-bond donors (Lipinski definition) is 0. The van der Waals surface area contributed by atoms with Gasteiger partial charge in [-0.15, -0.1) is 0 Å². The summed E-state index contributed by atoms with van der Waals surface area (Å²) in [7, 11) is 1.71. The Morgan fingerprint density at radius 1 is 0.971 bits per heavy atom. The van der Waals surface area contributed by atoms with Gasteiger partial charge in [-0.05, 0) is 67.3 Å². The number of likely N-dealkylation sites (tertiary alicyclic amines) is 1. The molecule has 0 N–H and O–H groups in total. The van der Waals surface area contributed by atoms with Crippen LogP contribution in [-0.2, 0) is 6.54 Å². The van der Waals surface area contributed by atoms with Crippen LogP contribution in [0.15, 0.2) is 79.3 Å². The second kappa shape index (κ2) is 10.1. The lowest BCUT2D eigenvalue weighted by atomic mass is 9.88. The zero-order valence-electron chi connectivity index (χ0n) is 19.8. The number of benzene rings is 2. The molecular weight excluding hydrogens is 420 g/mol. The predicted molar refractivity (Wildman–Crippen MR) is 136 cm³/mol. The van der Waals surface area contributed by atoms with Gasteiger partial charge in [0.1, 0.15) is 5.75 Å². The smallest absolute Gasteiger partial charge is 0.159 e. The molecular formula is C29H30N4O. The van der Waals surface area contributed by atoms with Gasteiger partial charge < -0.3 is 4.74 Å². The maximum Gasteiger partial charge on any atom is 0.159 e. The largest absolute Gasteiger partial charge is 0.497 e. The van der Waals surface area contributed by atoms with Crippen LogP contribution in [0.3, 0.4) is 0 Å². The second-order valence-electron chi connectivity index (χ2n) is 8.97. The average Bonchev–Trinajstić information content (AvgIpc) is 2.90. The number of aryl methyl sites for hydroxylation is 1. The van der Waals surface area contributed by atoms with Crippen LogP contribution in [0.4, 0.5) is 0 Å². The molecule has 1 atom stereocenters. The monoisotopic (exact) mass is 450 g/mol. The first kappa shape index (κ1) is 22.2. The van der Waals surface area contributed by atoms with Crippen LogP contribution in [0.5, 0.6) is 5.75 Å². The summed E-state index contributed by atoms with van der Waals surface area (Å²) in [5.74, 6) is 2.01. The molecule has 34 heavy (non-hydrogen) atoms. The number of aromatic nitrogens is 3. The van der Waals surface area contributed by atoms with Crippen molar-refractivity contribution in [1.29, 1.82) is 0 Å². The van der Waals surface area contributed by atoms with E-state index in [0.717, 1.165) is 60.9 Å². The van der Waals surface area contributed by atoms with Crippen molar-refractivity contribution in [2.45, 2.75) is 32.2 Å². The molecule has 0 amide bonds. The van der Waals surface area contributed by atoms with Gasteiger partial charge in [0, 0.05) is 48.7 Å². The normalized spacial score (nSPS) is 16.4. The van der Waals surface area contributed by atoms with Gasteiger partial charge >= 0.3 is 0 Å². The summed E-state index contributed by atoms with van der Waals surface area (Å²) in [6.07, 6.45) is 7.89. The summed E-state index contributed by atoms with van der Waals surface area (Å²) < 4.78 is 5.31. The van der Waals surface area contributed by atoms with Gasteiger partial charge in [-0.2, -0.15) is 0 Å². The Kier molecular flexibility index (Phi) is 6.63. The van der Waals surface area contributed by atoms with Crippen LogP contribution in [0.1, 0.15) is 35.6 Å². The van der Waals surface area contributed by atoms with Gasteiger partial charge in [-0.3, -0.25) is 9.88 Å². The molecule has 4 aromatic rings. The molecule has 5 rings (SSSR count). The van der Waals surface area contributed by atoms with Gasteiger partial charge in [0.05, 0.1) is 12.8 Å². The Hall–Kier alpha value is -3.57. The first-order valence-electron chi connectivity index (χ1n) is 11.9. The van der Waals surface area contributed by atoms with Crippen molar-refractivity contribution in [2.24, 2.45) is 0 Å². The highest BCUT2D eigenvalue weighted by atomic mass is 16.5. The van der Waals surface area contributed by atoms with Gasteiger partial charge in [-0.25, -0.2) is 9.97 Å². The molecule has 1 aliphatic rings. The third kappa shape index (κ3) is 4.85. The molecule has 5 nitrogen and oxygen atoms in total. The Balaban J connectivity index is 1.48. The summed E-state index contributed by atoms with van der Waals surface area (Å²) >= 11 is 0. The highest BCUT2D eigenvalue weighted by Gasteiger charge is 2.26. The molecule has 2 aromatic carbocycles. The predicted octanol–water partition coefficient (Wildman–Crippen LogP) is 5.90. The minimum Gasteiger partial charge on any atom is -0.497 e. The van der Waals surface area contributed by atoms with Crippen molar-refractivity contribution >= 4 is 0 Å². The maximum atomic E-state index is 5.31. The number of hydrogen-bond acceptors (Lipinski definition) is 5. The topological polar surface area (TPSA) is 51.1 Å². The minimum absolute atomic E-state index is 0.352. The van der Waals surface area contributed by atoms with E-state index in [4.69, 9.17) is 14.7 Å². The van der Waals surface area contributed by atoms with Crippen LogP contribution in [-0.4, -0.2) is 40.1 Å². The molecule has 1 aliphatic heterocycles. The molecule has 0 bridgehead atoms. The Morgan fingerprint density at radius 3 is 2.53 bits per heavy atom. The fraction of sp³-hybridized carbons (Fsp3) is 0.276. The number of methoxy groups -OCH3 is 1. The molecule has 0 unspecified atom stereocenters. The van der Waals surface area contributed by atoms with Crippen molar-refractivity contribution in [3.8, 4) is 28.3 Å². The molecule has 2 aromatic heterocycles. The molecule has 0 aliphatic carbocycles. The van der Waals surface area contributed by atoms with Gasteiger partial charge in [0.25, 0.3) is 0 Å². The lowest BCUT2D eigenvalue weighted by Crippen LogP contribution is -2.34. The zero-order valence-corrected chi connectivity index (χ0v) is 19.8. The highest BCUT2D eigenvalue weighted by molar-refractivity contribution is 5.70. The summed E-state index contributed by atoms with van der Waals surface area (Å²) in [6.45, 7) is 5.18. The molecule has 5 heteroatoms. The van der Waals surface area contributed by atoms with Gasteiger partial charge in [-0.1, -0.05) is 36.4 Å². The standard InChI is InChI=1S/C29H30N4O/c1-21-6-3-4-8-26(21)27-18-31-29(23-13-15-30-16-14-23)32-28(27)24-7-5-17-33(20-24)19-22-9-11-25(34-2)12-10-22/h3-4,6,8-16,18,24H,5,7,17,19-20H2,1-2H3/t24-/m0/s1. The molecule has 0 radical (unpaired) electrons. The Morgan fingerprint density at radius 2 is 1.76 bits per heavy atom. The van der Waals surface area contributed by atoms with E-state index in [1.807, 2.05) is 30.5 Å². The first-order chi connectivity index (χ1) is 16.7. The number of rotatable bonds is 6. The average molecular weight is 451 g/mol. The van der Waals surface area contributed by atoms with E-state index >= 15 is 0 Å². The van der Waals surface area contributed by atoms with Crippen molar-refractivity contribution in [3.05, 3.63) is 96.1 Å². The second-order valence-corrected chi connectivity index (χ2v) is 8.97. The van der Waals surface area contributed by atoms with E-state index < -0.39 is 0 Å². The van der Waals surface area contributed by atoms with Crippen LogP contribution in [0.25, 0.3) is 22.5 Å². The lowest BCUT2D eigenvalue weighted by Gasteiger charge is -2.33. The fourth-order valence-electron chi connectivity index (χ4n) is 4.84. The molecule has 172 valence electrons.